The molecule has 1 atom stereocenters. The number of carbonyl (C=O) groups is 2. The molecular formula is C23H22N2O5S. The molecule has 160 valence electrons. The van der Waals surface area contributed by atoms with E-state index in [0.29, 0.717) is 16.8 Å². The van der Waals surface area contributed by atoms with Gasteiger partial charge in [0.05, 0.1) is 10.5 Å². The highest BCUT2D eigenvalue weighted by atomic mass is 32.2. The van der Waals surface area contributed by atoms with Crippen LogP contribution in [-0.2, 0) is 10.0 Å². The number of aryl methyl sites for hydroxylation is 1. The van der Waals surface area contributed by atoms with E-state index < -0.39 is 22.0 Å². The molecule has 0 aliphatic rings. The zero-order valence-electron chi connectivity index (χ0n) is 17.0. The summed E-state index contributed by atoms with van der Waals surface area (Å²) in [4.78, 5) is 23.6. The van der Waals surface area contributed by atoms with Crippen LogP contribution < -0.4 is 10.0 Å². The number of benzene rings is 3. The van der Waals surface area contributed by atoms with Crippen molar-refractivity contribution < 1.29 is 23.1 Å². The number of anilines is 1. The summed E-state index contributed by atoms with van der Waals surface area (Å²) in [7, 11) is -3.86. The summed E-state index contributed by atoms with van der Waals surface area (Å²) in [6.07, 6.45) is 0. The summed E-state index contributed by atoms with van der Waals surface area (Å²) in [6, 6.07) is 18.5. The maximum atomic E-state index is 12.7. The van der Waals surface area contributed by atoms with Crippen LogP contribution in [0, 0.1) is 6.92 Å². The van der Waals surface area contributed by atoms with Gasteiger partial charge in [0, 0.05) is 17.3 Å². The van der Waals surface area contributed by atoms with Gasteiger partial charge >= 0.3 is 5.97 Å². The third-order valence-electron chi connectivity index (χ3n) is 4.78. The topological polar surface area (TPSA) is 113 Å². The molecule has 3 N–H and O–H groups in total. The Labute approximate surface area is 180 Å². The standard InChI is InChI=1S/C23H22N2O5S/c1-15-6-3-4-9-21(15)22(26)24-19-10-12-20(13-11-19)31(29,30)25-16(2)17-7-5-8-18(14-17)23(27)28/h3-14,16,25H,1-2H3,(H,24,26)(H,27,28). The van der Waals surface area contributed by atoms with E-state index in [0.717, 1.165) is 5.56 Å². The number of hydrogen-bond donors (Lipinski definition) is 3. The van der Waals surface area contributed by atoms with E-state index >= 15 is 0 Å². The fraction of sp³-hybridized carbons (Fsp3) is 0.130. The maximum Gasteiger partial charge on any atom is 0.335 e. The number of nitrogens with one attached hydrogen (secondary N) is 2. The Morgan fingerprint density at radius 2 is 1.61 bits per heavy atom. The number of carboxylic acid groups (broad SMARTS) is 1. The van der Waals surface area contributed by atoms with Crippen molar-refractivity contribution >= 4 is 27.6 Å². The molecule has 7 nitrogen and oxygen atoms in total. The van der Waals surface area contributed by atoms with Crippen LogP contribution in [-0.4, -0.2) is 25.4 Å². The number of carboxylic acids is 1. The summed E-state index contributed by atoms with van der Waals surface area (Å²) < 4.78 is 28.0. The van der Waals surface area contributed by atoms with Crippen LogP contribution in [0.1, 0.15) is 44.8 Å². The smallest absolute Gasteiger partial charge is 0.335 e. The quantitative estimate of drug-likeness (QED) is 0.516. The lowest BCUT2D eigenvalue weighted by Crippen LogP contribution is -2.27. The third-order valence-corrected chi connectivity index (χ3v) is 6.33. The fourth-order valence-corrected chi connectivity index (χ4v) is 4.29. The van der Waals surface area contributed by atoms with Gasteiger partial charge in [0.25, 0.3) is 5.91 Å². The molecule has 0 radical (unpaired) electrons. The first-order valence-electron chi connectivity index (χ1n) is 9.50. The summed E-state index contributed by atoms with van der Waals surface area (Å²) in [6.45, 7) is 3.47. The Kier molecular flexibility index (Phi) is 6.53. The van der Waals surface area contributed by atoms with Crippen molar-refractivity contribution in [3.63, 3.8) is 0 Å². The summed E-state index contributed by atoms with van der Waals surface area (Å²) >= 11 is 0. The van der Waals surface area contributed by atoms with Crippen molar-refractivity contribution in [3.8, 4) is 0 Å². The van der Waals surface area contributed by atoms with Gasteiger partial charge < -0.3 is 10.4 Å². The molecule has 3 aromatic rings. The van der Waals surface area contributed by atoms with Gasteiger partial charge in [-0.2, -0.15) is 0 Å². The van der Waals surface area contributed by atoms with Gasteiger partial charge in [0.1, 0.15) is 0 Å². The molecular weight excluding hydrogens is 416 g/mol. The zero-order chi connectivity index (χ0) is 22.6. The van der Waals surface area contributed by atoms with Gasteiger partial charge in [0.15, 0.2) is 0 Å². The average molecular weight is 439 g/mol. The first-order chi connectivity index (χ1) is 14.7. The number of aromatic carboxylic acids is 1. The van der Waals surface area contributed by atoms with Gasteiger partial charge in [-0.1, -0.05) is 30.3 Å². The van der Waals surface area contributed by atoms with E-state index in [1.807, 2.05) is 19.1 Å². The van der Waals surface area contributed by atoms with E-state index in [9.17, 15) is 18.0 Å². The van der Waals surface area contributed by atoms with Gasteiger partial charge in [-0.05, 0) is 67.4 Å². The van der Waals surface area contributed by atoms with Crippen LogP contribution in [0.4, 0.5) is 5.69 Å². The van der Waals surface area contributed by atoms with Crippen LogP contribution in [0.5, 0.6) is 0 Å². The molecule has 0 saturated carbocycles. The molecule has 31 heavy (non-hydrogen) atoms. The minimum Gasteiger partial charge on any atom is -0.478 e. The Hall–Kier alpha value is -3.49. The van der Waals surface area contributed by atoms with Crippen molar-refractivity contribution in [2.24, 2.45) is 0 Å². The van der Waals surface area contributed by atoms with E-state index in [4.69, 9.17) is 5.11 Å². The molecule has 1 amide bonds. The predicted octanol–water partition coefficient (Wildman–Crippen LogP) is 3.99. The Morgan fingerprint density at radius 1 is 0.935 bits per heavy atom. The Morgan fingerprint density at radius 3 is 2.26 bits per heavy atom. The number of rotatable bonds is 7. The molecule has 3 rings (SSSR count). The SMILES string of the molecule is Cc1ccccc1C(=O)Nc1ccc(S(=O)(=O)NC(C)c2cccc(C(=O)O)c2)cc1. The van der Waals surface area contributed by atoms with Crippen LogP contribution in [0.2, 0.25) is 0 Å². The Balaban J connectivity index is 1.72. The molecule has 0 fully saturated rings. The van der Waals surface area contributed by atoms with E-state index in [2.05, 4.69) is 10.0 Å². The monoisotopic (exact) mass is 438 g/mol. The second-order valence-electron chi connectivity index (χ2n) is 7.07. The summed E-state index contributed by atoms with van der Waals surface area (Å²) in [5.74, 6) is -1.36. The summed E-state index contributed by atoms with van der Waals surface area (Å²) in [5, 5.41) is 11.9. The largest absolute Gasteiger partial charge is 0.478 e. The van der Waals surface area contributed by atoms with Gasteiger partial charge in [-0.3, -0.25) is 4.79 Å². The highest BCUT2D eigenvalue weighted by Gasteiger charge is 2.19. The van der Waals surface area contributed by atoms with Crippen molar-refractivity contribution in [2.75, 3.05) is 5.32 Å². The molecule has 1 unspecified atom stereocenters. The van der Waals surface area contributed by atoms with E-state index in [-0.39, 0.29) is 16.4 Å². The van der Waals surface area contributed by atoms with Gasteiger partial charge in [-0.25, -0.2) is 17.9 Å². The number of amides is 1. The zero-order valence-corrected chi connectivity index (χ0v) is 17.8. The van der Waals surface area contributed by atoms with Crippen molar-refractivity contribution in [1.82, 2.24) is 4.72 Å². The minimum absolute atomic E-state index is 0.0302. The van der Waals surface area contributed by atoms with Crippen molar-refractivity contribution in [2.45, 2.75) is 24.8 Å². The van der Waals surface area contributed by atoms with Gasteiger partial charge in [-0.15, -0.1) is 0 Å². The molecule has 0 bridgehead atoms. The summed E-state index contributed by atoms with van der Waals surface area (Å²) in [5.41, 5.74) is 2.46. The number of sulfonamides is 1. The normalized spacial score (nSPS) is 12.2. The molecule has 0 saturated heterocycles. The average Bonchev–Trinajstić information content (AvgIpc) is 2.74. The molecule has 0 aromatic heterocycles. The second-order valence-corrected chi connectivity index (χ2v) is 8.78. The lowest BCUT2D eigenvalue weighted by atomic mass is 10.1. The van der Waals surface area contributed by atoms with Crippen molar-refractivity contribution in [1.29, 1.82) is 0 Å². The highest BCUT2D eigenvalue weighted by molar-refractivity contribution is 7.89. The second kappa shape index (κ2) is 9.11. The minimum atomic E-state index is -3.86. The van der Waals surface area contributed by atoms with E-state index in [1.165, 1.54) is 36.4 Å². The lowest BCUT2D eigenvalue weighted by Gasteiger charge is -2.15. The Bertz CT molecular complexity index is 1220. The van der Waals surface area contributed by atoms with Crippen LogP contribution in [0.3, 0.4) is 0 Å². The van der Waals surface area contributed by atoms with Crippen LogP contribution in [0.15, 0.2) is 77.7 Å². The maximum absolute atomic E-state index is 12.7. The fourth-order valence-electron chi connectivity index (χ4n) is 3.05. The number of carbonyl (C=O) groups excluding carboxylic acids is 1. The van der Waals surface area contributed by atoms with Crippen molar-refractivity contribution in [3.05, 3.63) is 95.1 Å². The van der Waals surface area contributed by atoms with Crippen LogP contribution >= 0.6 is 0 Å². The van der Waals surface area contributed by atoms with E-state index in [1.54, 1.807) is 31.2 Å². The molecule has 3 aromatic carbocycles. The molecule has 0 spiro atoms. The lowest BCUT2D eigenvalue weighted by molar-refractivity contribution is 0.0696. The molecule has 0 aliphatic heterocycles. The van der Waals surface area contributed by atoms with Gasteiger partial charge in [0.2, 0.25) is 10.0 Å². The first-order valence-corrected chi connectivity index (χ1v) is 11.0. The first kappa shape index (κ1) is 22.2. The molecule has 0 heterocycles. The molecule has 8 heteroatoms. The third kappa shape index (κ3) is 5.36. The van der Waals surface area contributed by atoms with Crippen LogP contribution in [0.25, 0.3) is 0 Å². The highest BCUT2D eigenvalue weighted by Crippen LogP contribution is 2.20. The molecule has 0 aliphatic carbocycles. The number of hydrogen-bond acceptors (Lipinski definition) is 4. The predicted molar refractivity (Wildman–Crippen MR) is 118 cm³/mol.